The first-order valence-electron chi connectivity index (χ1n) is 8.35. The minimum Gasteiger partial charge on any atom is -0.356 e. The number of amides is 4. The van der Waals surface area contributed by atoms with E-state index in [1.54, 1.807) is 0 Å². The number of urea groups is 1. The number of carbonyl (C=O) groups excluding carboxylic acids is 3. The fourth-order valence-electron chi connectivity index (χ4n) is 2.79. The van der Waals surface area contributed by atoms with Crippen LogP contribution in [0.1, 0.15) is 12.0 Å². The van der Waals surface area contributed by atoms with Gasteiger partial charge in [-0.25, -0.2) is 4.79 Å². The first kappa shape index (κ1) is 19.2. The standard InChI is InChI=1S/C19H17Cl2N3O3/c20-14-3-1-2-12(8-14)13-5-4-11(15(21)9-13)6-7-22-17(25)10-16-18(26)24-19(27)23-16/h1-5,8-9,16H,6-7,10H2,(H,22,25)(H2,23,24,26,27). The molecule has 1 atom stereocenters. The highest BCUT2D eigenvalue weighted by atomic mass is 35.5. The number of imide groups is 1. The summed E-state index contributed by atoms with van der Waals surface area (Å²) >= 11 is 12.4. The van der Waals surface area contributed by atoms with Crippen molar-refractivity contribution in [2.24, 2.45) is 0 Å². The Morgan fingerprint density at radius 1 is 1.07 bits per heavy atom. The van der Waals surface area contributed by atoms with Crippen LogP contribution in [0.3, 0.4) is 0 Å². The molecule has 4 amide bonds. The van der Waals surface area contributed by atoms with Crippen molar-refractivity contribution in [3.63, 3.8) is 0 Å². The molecule has 0 saturated carbocycles. The number of benzene rings is 2. The Kier molecular flexibility index (Phi) is 5.98. The van der Waals surface area contributed by atoms with E-state index in [1.165, 1.54) is 0 Å². The SMILES string of the molecule is O=C(CC1NC(=O)NC1=O)NCCc1ccc(-c2cccc(Cl)c2)cc1Cl. The van der Waals surface area contributed by atoms with Crippen LogP contribution in [0, 0.1) is 0 Å². The van der Waals surface area contributed by atoms with Crippen molar-refractivity contribution in [3.05, 3.63) is 58.1 Å². The zero-order valence-electron chi connectivity index (χ0n) is 14.2. The Morgan fingerprint density at radius 2 is 1.85 bits per heavy atom. The van der Waals surface area contributed by atoms with E-state index in [2.05, 4.69) is 16.0 Å². The molecule has 1 unspecified atom stereocenters. The maximum Gasteiger partial charge on any atom is 0.322 e. The van der Waals surface area contributed by atoms with Crippen molar-refractivity contribution in [2.75, 3.05) is 6.54 Å². The van der Waals surface area contributed by atoms with Crippen LogP contribution in [-0.4, -0.2) is 30.4 Å². The van der Waals surface area contributed by atoms with Crippen molar-refractivity contribution in [3.8, 4) is 11.1 Å². The first-order valence-corrected chi connectivity index (χ1v) is 9.10. The second-order valence-corrected chi connectivity index (χ2v) is 6.98. The molecule has 1 fully saturated rings. The zero-order chi connectivity index (χ0) is 19.4. The zero-order valence-corrected chi connectivity index (χ0v) is 15.7. The Hall–Kier alpha value is -2.57. The Bertz CT molecular complexity index is 902. The van der Waals surface area contributed by atoms with Crippen LogP contribution in [0.15, 0.2) is 42.5 Å². The van der Waals surface area contributed by atoms with Gasteiger partial charge in [-0.1, -0.05) is 47.5 Å². The highest BCUT2D eigenvalue weighted by Crippen LogP contribution is 2.27. The smallest absolute Gasteiger partial charge is 0.322 e. The lowest BCUT2D eigenvalue weighted by Gasteiger charge is -2.10. The average Bonchev–Trinajstić information content (AvgIpc) is 2.93. The van der Waals surface area contributed by atoms with Gasteiger partial charge in [-0.05, 0) is 41.3 Å². The first-order chi connectivity index (χ1) is 12.9. The average molecular weight is 406 g/mol. The summed E-state index contributed by atoms with van der Waals surface area (Å²) in [6.45, 7) is 0.372. The normalized spacial score (nSPS) is 16.0. The summed E-state index contributed by atoms with van der Waals surface area (Å²) in [6.07, 6.45) is 0.447. The molecule has 140 valence electrons. The highest BCUT2D eigenvalue weighted by molar-refractivity contribution is 6.32. The molecule has 6 nitrogen and oxygen atoms in total. The van der Waals surface area contributed by atoms with Gasteiger partial charge < -0.3 is 10.6 Å². The Labute approximate surface area is 166 Å². The third kappa shape index (κ3) is 4.99. The van der Waals surface area contributed by atoms with E-state index in [-0.39, 0.29) is 12.3 Å². The summed E-state index contributed by atoms with van der Waals surface area (Å²) in [6, 6.07) is 11.8. The van der Waals surface area contributed by atoms with Gasteiger partial charge in [0.2, 0.25) is 5.91 Å². The topological polar surface area (TPSA) is 87.3 Å². The Morgan fingerprint density at radius 3 is 2.52 bits per heavy atom. The quantitative estimate of drug-likeness (QED) is 0.645. The molecule has 2 aromatic rings. The predicted octanol–water partition coefficient (Wildman–Crippen LogP) is 2.92. The summed E-state index contributed by atoms with van der Waals surface area (Å²) in [5, 5.41) is 8.46. The number of hydrogen-bond acceptors (Lipinski definition) is 3. The van der Waals surface area contributed by atoms with Crippen LogP contribution in [0.2, 0.25) is 10.0 Å². The van der Waals surface area contributed by atoms with E-state index in [0.29, 0.717) is 23.0 Å². The van der Waals surface area contributed by atoms with E-state index in [4.69, 9.17) is 23.2 Å². The van der Waals surface area contributed by atoms with Gasteiger partial charge >= 0.3 is 6.03 Å². The number of halogens is 2. The Balaban J connectivity index is 1.53. The minimum atomic E-state index is -0.821. The lowest BCUT2D eigenvalue weighted by Crippen LogP contribution is -2.36. The molecule has 1 aliphatic heterocycles. The van der Waals surface area contributed by atoms with Crippen molar-refractivity contribution in [1.82, 2.24) is 16.0 Å². The van der Waals surface area contributed by atoms with Crippen LogP contribution in [0.4, 0.5) is 4.79 Å². The van der Waals surface area contributed by atoms with Crippen LogP contribution in [0.5, 0.6) is 0 Å². The molecule has 3 rings (SSSR count). The number of nitrogens with one attached hydrogen (secondary N) is 3. The third-order valence-corrected chi connectivity index (χ3v) is 4.76. The maximum absolute atomic E-state index is 11.9. The fraction of sp³-hybridized carbons (Fsp3) is 0.211. The summed E-state index contributed by atoms with van der Waals surface area (Å²) in [7, 11) is 0. The second-order valence-electron chi connectivity index (χ2n) is 6.14. The molecule has 0 spiro atoms. The summed E-state index contributed by atoms with van der Waals surface area (Å²) in [5.41, 5.74) is 2.83. The molecule has 27 heavy (non-hydrogen) atoms. The summed E-state index contributed by atoms with van der Waals surface area (Å²) in [5.74, 6) is -0.807. The lowest BCUT2D eigenvalue weighted by molar-refractivity contribution is -0.126. The minimum absolute atomic E-state index is 0.0982. The molecule has 0 aliphatic carbocycles. The van der Waals surface area contributed by atoms with Crippen molar-refractivity contribution < 1.29 is 14.4 Å². The lowest BCUT2D eigenvalue weighted by atomic mass is 10.0. The molecule has 8 heteroatoms. The molecule has 0 bridgehead atoms. The molecule has 1 aliphatic rings. The number of hydrogen-bond donors (Lipinski definition) is 3. The summed E-state index contributed by atoms with van der Waals surface area (Å²) < 4.78 is 0. The van der Waals surface area contributed by atoms with E-state index in [1.807, 2.05) is 42.5 Å². The molecular formula is C19H17Cl2N3O3. The molecule has 0 aromatic heterocycles. The molecule has 2 aromatic carbocycles. The molecular weight excluding hydrogens is 389 g/mol. The van der Waals surface area contributed by atoms with Gasteiger partial charge in [0.15, 0.2) is 0 Å². The number of rotatable bonds is 6. The van der Waals surface area contributed by atoms with Gasteiger partial charge in [-0.3, -0.25) is 14.9 Å². The third-order valence-electron chi connectivity index (χ3n) is 4.18. The predicted molar refractivity (Wildman–Crippen MR) is 104 cm³/mol. The van der Waals surface area contributed by atoms with Gasteiger partial charge in [0, 0.05) is 16.6 Å². The monoisotopic (exact) mass is 405 g/mol. The van der Waals surface area contributed by atoms with E-state index >= 15 is 0 Å². The van der Waals surface area contributed by atoms with Gasteiger partial charge in [0.05, 0.1) is 6.42 Å². The van der Waals surface area contributed by atoms with E-state index < -0.39 is 18.0 Å². The van der Waals surface area contributed by atoms with Gasteiger partial charge in [-0.2, -0.15) is 0 Å². The van der Waals surface area contributed by atoms with Gasteiger partial charge in [0.25, 0.3) is 5.91 Å². The molecule has 3 N–H and O–H groups in total. The van der Waals surface area contributed by atoms with Crippen molar-refractivity contribution >= 4 is 41.0 Å². The van der Waals surface area contributed by atoms with Gasteiger partial charge in [0.1, 0.15) is 6.04 Å². The van der Waals surface area contributed by atoms with Crippen LogP contribution in [0.25, 0.3) is 11.1 Å². The van der Waals surface area contributed by atoms with Crippen LogP contribution >= 0.6 is 23.2 Å². The van der Waals surface area contributed by atoms with Crippen molar-refractivity contribution in [1.29, 1.82) is 0 Å². The van der Waals surface area contributed by atoms with Gasteiger partial charge in [-0.15, -0.1) is 0 Å². The molecule has 0 radical (unpaired) electrons. The number of carbonyl (C=O) groups is 3. The van der Waals surface area contributed by atoms with Crippen molar-refractivity contribution in [2.45, 2.75) is 18.9 Å². The largest absolute Gasteiger partial charge is 0.356 e. The van der Waals surface area contributed by atoms with Crippen LogP contribution < -0.4 is 16.0 Å². The summed E-state index contributed by atoms with van der Waals surface area (Å²) in [4.78, 5) is 34.4. The maximum atomic E-state index is 11.9. The highest BCUT2D eigenvalue weighted by Gasteiger charge is 2.31. The molecule has 1 heterocycles. The van der Waals surface area contributed by atoms with Crippen LogP contribution in [-0.2, 0) is 16.0 Å². The second kappa shape index (κ2) is 8.41. The fourth-order valence-corrected chi connectivity index (χ4v) is 3.26. The van der Waals surface area contributed by atoms with E-state index in [0.717, 1.165) is 16.7 Å². The van der Waals surface area contributed by atoms with E-state index in [9.17, 15) is 14.4 Å². The molecule has 1 saturated heterocycles.